The molecule has 15 heavy (non-hydrogen) atoms. The molecular formula is C10H13Cl2O2P. The SMILES string of the molecule is CC(C)(C)c1ccccc1OP(=O)(Cl)Cl. The monoisotopic (exact) mass is 266 g/mol. The van der Waals surface area contributed by atoms with E-state index in [4.69, 9.17) is 27.0 Å². The summed E-state index contributed by atoms with van der Waals surface area (Å²) < 4.78 is 16.2. The number of rotatable bonds is 2. The summed E-state index contributed by atoms with van der Waals surface area (Å²) >= 11 is 10.8. The Balaban J connectivity index is 3.14. The molecule has 0 unspecified atom stereocenters. The van der Waals surface area contributed by atoms with Crippen molar-refractivity contribution in [2.45, 2.75) is 26.2 Å². The molecule has 5 heteroatoms. The van der Waals surface area contributed by atoms with Gasteiger partial charge in [-0.05, 0) is 11.5 Å². The fourth-order valence-corrected chi connectivity index (χ4v) is 2.11. The predicted molar refractivity (Wildman–Crippen MR) is 65.1 cm³/mol. The average Bonchev–Trinajstić information content (AvgIpc) is 1.99. The number of para-hydroxylation sites is 1. The molecule has 1 aromatic carbocycles. The van der Waals surface area contributed by atoms with E-state index < -0.39 is 6.07 Å². The van der Waals surface area contributed by atoms with Crippen LogP contribution >= 0.6 is 28.6 Å². The van der Waals surface area contributed by atoms with Crippen molar-refractivity contribution in [3.8, 4) is 5.75 Å². The molecular weight excluding hydrogens is 254 g/mol. The summed E-state index contributed by atoms with van der Waals surface area (Å²) in [5, 5.41) is 0. The van der Waals surface area contributed by atoms with Crippen molar-refractivity contribution >= 4 is 28.6 Å². The van der Waals surface area contributed by atoms with Gasteiger partial charge in [0.1, 0.15) is 5.75 Å². The highest BCUT2D eigenvalue weighted by atomic mass is 35.9. The van der Waals surface area contributed by atoms with Crippen LogP contribution in [0.5, 0.6) is 5.75 Å². The molecule has 0 aliphatic carbocycles. The molecule has 0 spiro atoms. The highest BCUT2D eigenvalue weighted by Gasteiger charge is 2.23. The zero-order valence-corrected chi connectivity index (χ0v) is 11.2. The van der Waals surface area contributed by atoms with E-state index in [0.717, 1.165) is 5.56 Å². The lowest BCUT2D eigenvalue weighted by Crippen LogP contribution is -2.12. The van der Waals surface area contributed by atoms with Crippen LogP contribution in [0, 0.1) is 0 Å². The first kappa shape index (κ1) is 12.9. The molecule has 0 heterocycles. The van der Waals surface area contributed by atoms with E-state index in [1.807, 2.05) is 32.9 Å². The van der Waals surface area contributed by atoms with Gasteiger partial charge in [0.2, 0.25) is 0 Å². The first-order valence-electron chi connectivity index (χ1n) is 4.48. The van der Waals surface area contributed by atoms with Crippen LogP contribution in [0.15, 0.2) is 24.3 Å². The van der Waals surface area contributed by atoms with Crippen molar-refractivity contribution in [2.75, 3.05) is 0 Å². The van der Waals surface area contributed by atoms with Gasteiger partial charge in [-0.25, -0.2) is 4.57 Å². The van der Waals surface area contributed by atoms with E-state index in [1.165, 1.54) is 0 Å². The second kappa shape index (κ2) is 4.37. The summed E-state index contributed by atoms with van der Waals surface area (Å²) in [6.45, 7) is 6.09. The van der Waals surface area contributed by atoms with Crippen LogP contribution in [0.3, 0.4) is 0 Å². The third-order valence-electron chi connectivity index (χ3n) is 1.90. The van der Waals surface area contributed by atoms with Gasteiger partial charge in [-0.3, -0.25) is 0 Å². The highest BCUT2D eigenvalue weighted by Crippen LogP contribution is 2.58. The lowest BCUT2D eigenvalue weighted by atomic mass is 9.86. The van der Waals surface area contributed by atoms with Gasteiger partial charge in [-0.2, -0.15) is 0 Å². The normalized spacial score (nSPS) is 12.6. The van der Waals surface area contributed by atoms with Gasteiger partial charge in [0.25, 0.3) is 0 Å². The Hall–Kier alpha value is -0.170. The van der Waals surface area contributed by atoms with E-state index in [2.05, 4.69) is 0 Å². The Morgan fingerprint density at radius 2 is 1.73 bits per heavy atom. The number of benzene rings is 1. The Kier molecular flexibility index (Phi) is 3.76. The summed E-state index contributed by atoms with van der Waals surface area (Å²) in [4.78, 5) is 0. The topological polar surface area (TPSA) is 26.3 Å². The quantitative estimate of drug-likeness (QED) is 0.708. The van der Waals surface area contributed by atoms with E-state index in [1.54, 1.807) is 12.1 Å². The minimum atomic E-state index is -3.54. The molecule has 0 aliphatic rings. The molecule has 0 atom stereocenters. The molecule has 0 aromatic heterocycles. The van der Waals surface area contributed by atoms with E-state index in [0.29, 0.717) is 5.75 Å². The first-order valence-corrected chi connectivity index (χ1v) is 7.92. The van der Waals surface area contributed by atoms with E-state index in [9.17, 15) is 4.57 Å². The second-order valence-electron chi connectivity index (χ2n) is 4.25. The maximum Gasteiger partial charge on any atom is 0.428 e. The Morgan fingerprint density at radius 1 is 1.20 bits per heavy atom. The van der Waals surface area contributed by atoms with Crippen LogP contribution in [-0.4, -0.2) is 0 Å². The Labute approximate surface area is 99.6 Å². The predicted octanol–water partition coefficient (Wildman–Crippen LogP) is 4.95. The smallest absolute Gasteiger partial charge is 0.422 e. The molecule has 0 saturated heterocycles. The van der Waals surface area contributed by atoms with Gasteiger partial charge in [0.15, 0.2) is 0 Å². The van der Waals surface area contributed by atoms with Crippen LogP contribution in [0.25, 0.3) is 0 Å². The maximum absolute atomic E-state index is 11.2. The van der Waals surface area contributed by atoms with Gasteiger partial charge < -0.3 is 4.52 Å². The summed E-state index contributed by atoms with van der Waals surface area (Å²) in [5.41, 5.74) is 0.811. The van der Waals surface area contributed by atoms with Gasteiger partial charge in [-0.15, -0.1) is 0 Å². The molecule has 84 valence electrons. The van der Waals surface area contributed by atoms with Crippen molar-refractivity contribution in [3.05, 3.63) is 29.8 Å². The lowest BCUT2D eigenvalue weighted by Gasteiger charge is -2.22. The standard InChI is InChI=1S/C10H13Cl2O2P/c1-10(2,3)8-6-4-5-7-9(8)14-15(11,12)13/h4-7H,1-3H3. The Bertz CT molecular complexity index is 393. The molecule has 0 saturated carbocycles. The van der Waals surface area contributed by atoms with E-state index in [-0.39, 0.29) is 5.41 Å². The van der Waals surface area contributed by atoms with Gasteiger partial charge in [0.05, 0.1) is 0 Å². The van der Waals surface area contributed by atoms with Gasteiger partial charge in [-0.1, -0.05) is 39.0 Å². The summed E-state index contributed by atoms with van der Waals surface area (Å²) in [7, 11) is 0. The summed E-state index contributed by atoms with van der Waals surface area (Å²) in [5.74, 6) is 0.471. The second-order valence-corrected chi connectivity index (χ2v) is 8.45. The van der Waals surface area contributed by atoms with Crippen molar-refractivity contribution in [2.24, 2.45) is 0 Å². The van der Waals surface area contributed by atoms with Gasteiger partial charge >= 0.3 is 6.07 Å². The molecule has 1 rings (SSSR count). The fraction of sp³-hybridized carbons (Fsp3) is 0.400. The number of hydrogen-bond donors (Lipinski definition) is 0. The lowest BCUT2D eigenvalue weighted by molar-refractivity contribution is 0.493. The van der Waals surface area contributed by atoms with Crippen molar-refractivity contribution < 1.29 is 9.09 Å². The fourth-order valence-electron chi connectivity index (χ4n) is 1.28. The van der Waals surface area contributed by atoms with Crippen LogP contribution in [-0.2, 0) is 9.98 Å². The molecule has 0 bridgehead atoms. The highest BCUT2D eigenvalue weighted by molar-refractivity contribution is 8.05. The molecule has 1 aromatic rings. The minimum Gasteiger partial charge on any atom is -0.422 e. The van der Waals surface area contributed by atoms with Gasteiger partial charge in [0, 0.05) is 28.0 Å². The first-order chi connectivity index (χ1) is 6.70. The average molecular weight is 267 g/mol. The minimum absolute atomic E-state index is 0.112. The number of hydrogen-bond acceptors (Lipinski definition) is 2. The molecule has 0 amide bonds. The van der Waals surface area contributed by atoms with E-state index >= 15 is 0 Å². The molecule has 2 nitrogen and oxygen atoms in total. The zero-order chi connectivity index (χ0) is 11.7. The third-order valence-corrected chi connectivity index (χ3v) is 2.72. The molecule has 0 aliphatic heterocycles. The van der Waals surface area contributed by atoms with Crippen molar-refractivity contribution in [1.82, 2.24) is 0 Å². The Morgan fingerprint density at radius 3 is 2.20 bits per heavy atom. The van der Waals surface area contributed by atoms with Crippen LogP contribution in [0.2, 0.25) is 0 Å². The van der Waals surface area contributed by atoms with Crippen LogP contribution < -0.4 is 4.52 Å². The largest absolute Gasteiger partial charge is 0.428 e. The maximum atomic E-state index is 11.2. The van der Waals surface area contributed by atoms with Crippen molar-refractivity contribution in [1.29, 1.82) is 0 Å². The molecule has 0 radical (unpaired) electrons. The summed E-state index contributed by atoms with van der Waals surface area (Å²) in [6, 6.07) is 7.28. The number of halogens is 2. The molecule has 0 N–H and O–H groups in total. The van der Waals surface area contributed by atoms with Crippen LogP contribution in [0.1, 0.15) is 26.3 Å². The zero-order valence-electron chi connectivity index (χ0n) is 8.83. The molecule has 0 fully saturated rings. The summed E-state index contributed by atoms with van der Waals surface area (Å²) in [6.07, 6.45) is -3.54. The van der Waals surface area contributed by atoms with Crippen molar-refractivity contribution in [3.63, 3.8) is 0 Å². The third kappa shape index (κ3) is 4.06. The van der Waals surface area contributed by atoms with Crippen LogP contribution in [0.4, 0.5) is 0 Å².